The first-order valence-corrected chi connectivity index (χ1v) is 9.34. The third-order valence-electron chi connectivity index (χ3n) is 5.51. The van der Waals surface area contributed by atoms with E-state index in [-0.39, 0.29) is 18.3 Å². The van der Waals surface area contributed by atoms with Crippen molar-refractivity contribution in [2.24, 2.45) is 5.92 Å². The van der Waals surface area contributed by atoms with E-state index in [4.69, 9.17) is 4.74 Å². The molecule has 4 nitrogen and oxygen atoms in total. The maximum absolute atomic E-state index is 13.1. The number of rotatable bonds is 5. The molecule has 0 unspecified atom stereocenters. The molecule has 2 aromatic carbocycles. The number of hydrogen-bond donors (Lipinski definition) is 1. The highest BCUT2D eigenvalue weighted by Crippen LogP contribution is 2.30. The van der Waals surface area contributed by atoms with Crippen molar-refractivity contribution in [1.82, 2.24) is 10.2 Å². The molecule has 0 radical (unpaired) electrons. The van der Waals surface area contributed by atoms with Crippen LogP contribution in [0, 0.1) is 5.92 Å². The number of hydrogen-bond acceptors (Lipinski definition) is 3. The lowest BCUT2D eigenvalue weighted by atomic mass is 10.00. The van der Waals surface area contributed by atoms with Crippen LogP contribution in [-0.4, -0.2) is 43.6 Å². The van der Waals surface area contributed by atoms with Gasteiger partial charge < -0.3 is 15.0 Å². The molecule has 0 atom stereocenters. The van der Waals surface area contributed by atoms with E-state index in [1.54, 1.807) is 7.11 Å². The van der Waals surface area contributed by atoms with Crippen molar-refractivity contribution in [3.63, 3.8) is 0 Å². The molecule has 1 amide bonds. The highest BCUT2D eigenvalue weighted by Gasteiger charge is 2.27. The maximum Gasteiger partial charge on any atom is 0.254 e. The number of nitrogens with one attached hydrogen (secondary N) is 1. The van der Waals surface area contributed by atoms with Crippen LogP contribution in [0.4, 0.5) is 0 Å². The lowest BCUT2D eigenvalue weighted by molar-refractivity contribution is 0.0707. The minimum absolute atomic E-state index is 0. The number of methoxy groups -OCH3 is 1. The molecular formula is C21H27ClN2O2. The van der Waals surface area contributed by atoms with Crippen molar-refractivity contribution in [3.8, 4) is 5.75 Å². The van der Waals surface area contributed by atoms with Crippen molar-refractivity contribution in [1.29, 1.82) is 0 Å². The summed E-state index contributed by atoms with van der Waals surface area (Å²) in [5.41, 5.74) is 0.779. The van der Waals surface area contributed by atoms with Crippen LogP contribution in [0.2, 0.25) is 0 Å². The van der Waals surface area contributed by atoms with Crippen LogP contribution in [0.1, 0.15) is 36.0 Å². The number of halogens is 1. The van der Waals surface area contributed by atoms with Crippen LogP contribution in [-0.2, 0) is 0 Å². The van der Waals surface area contributed by atoms with Crippen molar-refractivity contribution in [2.75, 3.05) is 26.7 Å². The van der Waals surface area contributed by atoms with E-state index in [9.17, 15) is 4.79 Å². The fourth-order valence-electron chi connectivity index (χ4n) is 3.75. The third kappa shape index (κ3) is 3.97. The summed E-state index contributed by atoms with van der Waals surface area (Å²) in [5, 5.41) is 5.64. The Labute approximate surface area is 161 Å². The highest BCUT2D eigenvalue weighted by molar-refractivity contribution is 6.08. The quantitative estimate of drug-likeness (QED) is 0.863. The van der Waals surface area contributed by atoms with Gasteiger partial charge in [0.2, 0.25) is 0 Å². The number of benzene rings is 2. The molecule has 1 aliphatic carbocycles. The average molecular weight is 375 g/mol. The normalized spacial score (nSPS) is 17.8. The van der Waals surface area contributed by atoms with Gasteiger partial charge in [-0.3, -0.25) is 4.79 Å². The SMILES string of the molecule is COc1ccc(C(=O)N2CCC(NCC3CC3)CC2)c2ccccc12.Cl. The summed E-state index contributed by atoms with van der Waals surface area (Å²) >= 11 is 0. The van der Waals surface area contributed by atoms with Crippen molar-refractivity contribution >= 4 is 29.1 Å². The molecule has 1 saturated heterocycles. The summed E-state index contributed by atoms with van der Waals surface area (Å²) in [6, 6.07) is 12.4. The number of carbonyl (C=O) groups excluding carboxylic acids is 1. The standard InChI is InChI=1S/C21H26N2O2.ClH/c1-25-20-9-8-19(17-4-2-3-5-18(17)20)21(24)23-12-10-16(11-13-23)22-14-15-6-7-15;/h2-5,8-9,15-16,22H,6-7,10-14H2,1H3;1H. The van der Waals surface area contributed by atoms with E-state index in [2.05, 4.69) is 5.32 Å². The first kappa shape index (κ1) is 19.0. The summed E-state index contributed by atoms with van der Waals surface area (Å²) in [6.07, 6.45) is 4.86. The van der Waals surface area contributed by atoms with Gasteiger partial charge in [0, 0.05) is 30.1 Å². The van der Waals surface area contributed by atoms with Gasteiger partial charge in [0.25, 0.3) is 5.91 Å². The molecule has 2 aromatic rings. The topological polar surface area (TPSA) is 41.6 Å². The molecule has 1 aliphatic heterocycles. The van der Waals surface area contributed by atoms with E-state index in [0.29, 0.717) is 6.04 Å². The summed E-state index contributed by atoms with van der Waals surface area (Å²) in [7, 11) is 1.67. The van der Waals surface area contributed by atoms with E-state index in [1.807, 2.05) is 41.3 Å². The Balaban J connectivity index is 0.00000196. The Morgan fingerprint density at radius 2 is 1.77 bits per heavy atom. The Hall–Kier alpha value is -1.78. The molecular weight excluding hydrogens is 348 g/mol. The van der Waals surface area contributed by atoms with Gasteiger partial charge in [0.05, 0.1) is 7.11 Å². The molecule has 2 aliphatic rings. The number of nitrogens with zero attached hydrogens (tertiary/aromatic N) is 1. The van der Waals surface area contributed by atoms with Crippen LogP contribution in [0.5, 0.6) is 5.75 Å². The van der Waals surface area contributed by atoms with E-state index < -0.39 is 0 Å². The first-order chi connectivity index (χ1) is 12.3. The molecule has 4 rings (SSSR count). The lowest BCUT2D eigenvalue weighted by Gasteiger charge is -2.33. The second-order valence-corrected chi connectivity index (χ2v) is 7.28. The van der Waals surface area contributed by atoms with Crippen LogP contribution in [0.3, 0.4) is 0 Å². The van der Waals surface area contributed by atoms with Gasteiger partial charge in [0.1, 0.15) is 5.75 Å². The minimum atomic E-state index is 0. The van der Waals surface area contributed by atoms with Gasteiger partial charge in [0.15, 0.2) is 0 Å². The Morgan fingerprint density at radius 1 is 1.08 bits per heavy atom. The van der Waals surface area contributed by atoms with Crippen molar-refractivity contribution in [2.45, 2.75) is 31.7 Å². The molecule has 1 saturated carbocycles. The van der Waals surface area contributed by atoms with Gasteiger partial charge in [-0.1, -0.05) is 24.3 Å². The highest BCUT2D eigenvalue weighted by atomic mass is 35.5. The fraction of sp³-hybridized carbons (Fsp3) is 0.476. The first-order valence-electron chi connectivity index (χ1n) is 9.34. The molecule has 140 valence electrons. The molecule has 1 N–H and O–H groups in total. The molecule has 0 aromatic heterocycles. The summed E-state index contributed by atoms with van der Waals surface area (Å²) in [4.78, 5) is 15.1. The molecule has 2 fully saturated rings. The fourth-order valence-corrected chi connectivity index (χ4v) is 3.75. The van der Waals surface area contributed by atoms with Crippen LogP contribution < -0.4 is 10.1 Å². The zero-order chi connectivity index (χ0) is 17.2. The number of piperidine rings is 1. The Bertz CT molecular complexity index is 768. The number of amides is 1. The second-order valence-electron chi connectivity index (χ2n) is 7.28. The smallest absolute Gasteiger partial charge is 0.254 e. The maximum atomic E-state index is 13.1. The van der Waals surface area contributed by atoms with Crippen molar-refractivity contribution in [3.05, 3.63) is 42.0 Å². The second kappa shape index (κ2) is 8.28. The van der Waals surface area contributed by atoms with Gasteiger partial charge in [-0.25, -0.2) is 0 Å². The Kier molecular flexibility index (Phi) is 6.05. The molecule has 1 heterocycles. The summed E-state index contributed by atoms with van der Waals surface area (Å²) < 4.78 is 5.44. The Morgan fingerprint density at radius 3 is 2.42 bits per heavy atom. The van der Waals surface area contributed by atoms with Crippen molar-refractivity contribution < 1.29 is 9.53 Å². The average Bonchev–Trinajstić information content (AvgIpc) is 3.50. The predicted molar refractivity (Wildman–Crippen MR) is 107 cm³/mol. The van der Waals surface area contributed by atoms with Gasteiger partial charge in [-0.2, -0.15) is 0 Å². The third-order valence-corrected chi connectivity index (χ3v) is 5.51. The summed E-state index contributed by atoms with van der Waals surface area (Å²) in [5.74, 6) is 1.86. The van der Waals surface area contributed by atoms with Gasteiger partial charge in [-0.05, 0) is 55.7 Å². The number of ether oxygens (including phenoxy) is 1. The number of likely N-dealkylation sites (tertiary alicyclic amines) is 1. The van der Waals surface area contributed by atoms with Crippen LogP contribution >= 0.6 is 12.4 Å². The van der Waals surface area contributed by atoms with Gasteiger partial charge in [-0.15, -0.1) is 12.4 Å². The lowest BCUT2D eigenvalue weighted by Crippen LogP contribution is -2.45. The monoisotopic (exact) mass is 374 g/mol. The molecule has 26 heavy (non-hydrogen) atoms. The van der Waals surface area contributed by atoms with Crippen LogP contribution in [0.15, 0.2) is 36.4 Å². The minimum Gasteiger partial charge on any atom is -0.496 e. The van der Waals surface area contributed by atoms with Gasteiger partial charge >= 0.3 is 0 Å². The van der Waals surface area contributed by atoms with E-state index >= 15 is 0 Å². The molecule has 5 heteroatoms. The summed E-state index contributed by atoms with van der Waals surface area (Å²) in [6.45, 7) is 2.82. The zero-order valence-corrected chi connectivity index (χ0v) is 16.1. The number of carbonyl (C=O) groups is 1. The largest absolute Gasteiger partial charge is 0.496 e. The predicted octanol–water partition coefficient (Wildman–Crippen LogP) is 3.87. The molecule has 0 bridgehead atoms. The van der Waals surface area contributed by atoms with Crippen LogP contribution in [0.25, 0.3) is 10.8 Å². The van der Waals surface area contributed by atoms with E-state index in [1.165, 1.54) is 12.8 Å². The molecule has 0 spiro atoms. The van der Waals surface area contributed by atoms with E-state index in [0.717, 1.165) is 60.5 Å². The number of fused-ring (bicyclic) bond motifs is 1. The zero-order valence-electron chi connectivity index (χ0n) is 15.2.